The Bertz CT molecular complexity index is 760. The van der Waals surface area contributed by atoms with Gasteiger partial charge in [0.05, 0.1) is 0 Å². The zero-order valence-electron chi connectivity index (χ0n) is 12.0. The fourth-order valence-corrected chi connectivity index (χ4v) is 3.37. The van der Waals surface area contributed by atoms with E-state index in [1.807, 2.05) is 6.07 Å². The summed E-state index contributed by atoms with van der Waals surface area (Å²) in [5, 5.41) is 10.3. The molecule has 0 amide bonds. The van der Waals surface area contributed by atoms with E-state index in [4.69, 9.17) is 10.5 Å². The molecule has 0 bridgehead atoms. The molecule has 3 N–H and O–H groups in total. The molecular formula is C16H16N4O2. The molecule has 2 aromatic rings. The lowest BCUT2D eigenvalue weighted by Gasteiger charge is -2.32. The number of amidine groups is 1. The summed E-state index contributed by atoms with van der Waals surface area (Å²) < 4.78 is 5.34. The van der Waals surface area contributed by atoms with Gasteiger partial charge < -0.3 is 15.6 Å². The van der Waals surface area contributed by atoms with E-state index in [0.717, 1.165) is 35.1 Å². The molecule has 0 radical (unpaired) electrons. The maximum Gasteiger partial charge on any atom is 0.282 e. The Morgan fingerprint density at radius 1 is 1.18 bits per heavy atom. The van der Waals surface area contributed by atoms with Crippen LogP contribution in [0, 0.1) is 0 Å². The molecule has 1 aromatic heterocycles. The molecule has 0 unspecified atom stereocenters. The molecule has 112 valence electrons. The molecule has 6 heteroatoms. The van der Waals surface area contributed by atoms with Crippen LogP contribution in [0.4, 0.5) is 0 Å². The summed E-state index contributed by atoms with van der Waals surface area (Å²) in [6.45, 7) is 0.483. The van der Waals surface area contributed by atoms with Crippen LogP contribution in [-0.4, -0.2) is 33.2 Å². The van der Waals surface area contributed by atoms with Gasteiger partial charge in [0, 0.05) is 29.9 Å². The summed E-state index contributed by atoms with van der Waals surface area (Å²) in [6.07, 6.45) is 7.39. The van der Waals surface area contributed by atoms with Crippen LogP contribution in [0.3, 0.4) is 0 Å². The summed E-state index contributed by atoms with van der Waals surface area (Å²) in [7, 11) is 0. The zero-order chi connectivity index (χ0) is 15.2. The third-order valence-corrected chi connectivity index (χ3v) is 4.46. The van der Waals surface area contributed by atoms with E-state index >= 15 is 0 Å². The number of nitrogens with zero attached hydrogens (tertiary/aromatic N) is 3. The van der Waals surface area contributed by atoms with Gasteiger partial charge in [0.2, 0.25) is 0 Å². The van der Waals surface area contributed by atoms with Crippen molar-refractivity contribution in [2.75, 3.05) is 6.61 Å². The standard InChI is InChI=1S/C16H16N4O2/c17-15-20-16(8-22-15)4-3-12-11(10-6-18-9-19-7-10)1-2-14(21)13(12)5-16/h1-2,6-7,9,21H,3-5,8H2,(H2,17,20)/t16-/m0/s1. The molecule has 6 nitrogen and oxygen atoms in total. The molecule has 1 atom stereocenters. The van der Waals surface area contributed by atoms with Gasteiger partial charge in [-0.1, -0.05) is 6.07 Å². The Morgan fingerprint density at radius 2 is 2.00 bits per heavy atom. The lowest BCUT2D eigenvalue weighted by atomic mass is 9.76. The van der Waals surface area contributed by atoms with Crippen molar-refractivity contribution >= 4 is 6.02 Å². The quantitative estimate of drug-likeness (QED) is 0.830. The van der Waals surface area contributed by atoms with Crippen LogP contribution in [-0.2, 0) is 17.6 Å². The van der Waals surface area contributed by atoms with Gasteiger partial charge in [0.15, 0.2) is 0 Å². The van der Waals surface area contributed by atoms with Crippen molar-refractivity contribution in [3.8, 4) is 16.9 Å². The maximum atomic E-state index is 10.3. The highest BCUT2D eigenvalue weighted by molar-refractivity contribution is 5.75. The Hall–Kier alpha value is -2.63. The van der Waals surface area contributed by atoms with Crippen LogP contribution in [0.1, 0.15) is 17.5 Å². The molecule has 4 rings (SSSR count). The van der Waals surface area contributed by atoms with Crippen LogP contribution < -0.4 is 5.73 Å². The molecule has 22 heavy (non-hydrogen) atoms. The number of aromatic nitrogens is 2. The Labute approximate surface area is 127 Å². The minimum absolute atomic E-state index is 0.246. The number of ether oxygens (including phenoxy) is 1. The highest BCUT2D eigenvalue weighted by Crippen LogP contribution is 2.41. The molecular weight excluding hydrogens is 280 g/mol. The summed E-state index contributed by atoms with van der Waals surface area (Å²) in [6, 6.07) is 3.90. The number of nitrogens with two attached hydrogens (primary N) is 1. The van der Waals surface area contributed by atoms with Crippen LogP contribution in [0.5, 0.6) is 5.75 Å². The van der Waals surface area contributed by atoms with Gasteiger partial charge in [-0.3, -0.25) is 0 Å². The fourth-order valence-electron chi connectivity index (χ4n) is 3.37. The minimum Gasteiger partial charge on any atom is -0.508 e. The van der Waals surface area contributed by atoms with Gasteiger partial charge in [-0.25, -0.2) is 15.0 Å². The number of hydrogen-bond donors (Lipinski definition) is 2. The third kappa shape index (κ3) is 1.99. The Morgan fingerprint density at radius 3 is 2.73 bits per heavy atom. The van der Waals surface area contributed by atoms with Crippen LogP contribution >= 0.6 is 0 Å². The van der Waals surface area contributed by atoms with E-state index in [1.165, 1.54) is 6.33 Å². The van der Waals surface area contributed by atoms with E-state index in [2.05, 4.69) is 15.0 Å². The topological polar surface area (TPSA) is 93.6 Å². The molecule has 2 heterocycles. The maximum absolute atomic E-state index is 10.3. The van der Waals surface area contributed by atoms with E-state index in [0.29, 0.717) is 18.8 Å². The number of benzene rings is 1. The highest BCUT2D eigenvalue weighted by atomic mass is 16.5. The molecule has 1 spiro atoms. The number of aliphatic imine (C=N–C) groups is 1. The Balaban J connectivity index is 1.81. The SMILES string of the molecule is NC1=N[C@]2(CCc3c(-c4cncnc4)ccc(O)c3C2)CO1. The van der Waals surface area contributed by atoms with Crippen LogP contribution in [0.2, 0.25) is 0 Å². The number of rotatable bonds is 1. The van der Waals surface area contributed by atoms with Crippen LogP contribution in [0.15, 0.2) is 35.8 Å². The summed E-state index contributed by atoms with van der Waals surface area (Å²) in [5.41, 5.74) is 9.43. The van der Waals surface area contributed by atoms with Gasteiger partial charge in [-0.2, -0.15) is 0 Å². The number of hydrogen-bond acceptors (Lipinski definition) is 6. The van der Waals surface area contributed by atoms with Gasteiger partial charge in [0.25, 0.3) is 6.02 Å². The van der Waals surface area contributed by atoms with Gasteiger partial charge in [-0.15, -0.1) is 0 Å². The predicted octanol–water partition coefficient (Wildman–Crippen LogP) is 1.42. The first-order valence-electron chi connectivity index (χ1n) is 7.24. The van der Waals surface area contributed by atoms with Gasteiger partial charge in [0.1, 0.15) is 24.2 Å². The van der Waals surface area contributed by atoms with Crippen molar-refractivity contribution in [3.05, 3.63) is 42.0 Å². The smallest absolute Gasteiger partial charge is 0.282 e. The van der Waals surface area contributed by atoms with E-state index in [9.17, 15) is 5.11 Å². The van der Waals surface area contributed by atoms with Crippen molar-refractivity contribution in [1.82, 2.24) is 9.97 Å². The fraction of sp³-hybridized carbons (Fsp3) is 0.312. The Kier molecular flexibility index (Phi) is 2.79. The zero-order valence-corrected chi connectivity index (χ0v) is 12.0. The molecule has 0 fully saturated rings. The molecule has 0 saturated carbocycles. The normalized spacial score (nSPS) is 23.0. The van der Waals surface area contributed by atoms with Crippen molar-refractivity contribution in [2.45, 2.75) is 24.8 Å². The minimum atomic E-state index is -0.333. The predicted molar refractivity (Wildman–Crippen MR) is 81.5 cm³/mol. The van der Waals surface area contributed by atoms with Crippen molar-refractivity contribution in [3.63, 3.8) is 0 Å². The van der Waals surface area contributed by atoms with E-state index in [-0.39, 0.29) is 11.6 Å². The second-order valence-electron chi connectivity index (χ2n) is 5.86. The lowest BCUT2D eigenvalue weighted by Crippen LogP contribution is -2.35. The highest BCUT2D eigenvalue weighted by Gasteiger charge is 2.40. The van der Waals surface area contributed by atoms with Crippen LogP contribution in [0.25, 0.3) is 11.1 Å². The summed E-state index contributed by atoms with van der Waals surface area (Å²) in [4.78, 5) is 12.6. The lowest BCUT2D eigenvalue weighted by molar-refractivity contribution is 0.233. The second kappa shape index (κ2) is 4.69. The molecule has 1 aliphatic heterocycles. The number of fused-ring (bicyclic) bond motifs is 1. The first-order chi connectivity index (χ1) is 10.7. The largest absolute Gasteiger partial charge is 0.508 e. The number of aromatic hydroxyl groups is 1. The average molecular weight is 296 g/mol. The third-order valence-electron chi connectivity index (χ3n) is 4.46. The van der Waals surface area contributed by atoms with Crippen molar-refractivity contribution < 1.29 is 9.84 Å². The number of phenols is 1. The second-order valence-corrected chi connectivity index (χ2v) is 5.86. The van der Waals surface area contributed by atoms with Crippen molar-refractivity contribution in [2.24, 2.45) is 10.7 Å². The molecule has 0 saturated heterocycles. The van der Waals surface area contributed by atoms with E-state index < -0.39 is 0 Å². The van der Waals surface area contributed by atoms with Gasteiger partial charge in [-0.05, 0) is 30.0 Å². The summed E-state index contributed by atoms with van der Waals surface area (Å²) in [5.74, 6) is 0.301. The molecule has 1 aliphatic carbocycles. The molecule has 2 aliphatic rings. The van der Waals surface area contributed by atoms with Gasteiger partial charge >= 0.3 is 0 Å². The van der Waals surface area contributed by atoms with Crippen molar-refractivity contribution in [1.29, 1.82) is 0 Å². The number of phenolic OH excluding ortho intramolecular Hbond substituents is 1. The monoisotopic (exact) mass is 296 g/mol. The first-order valence-corrected chi connectivity index (χ1v) is 7.24. The first kappa shape index (κ1) is 13.1. The van der Waals surface area contributed by atoms with E-state index in [1.54, 1.807) is 18.5 Å². The summed E-state index contributed by atoms with van der Waals surface area (Å²) >= 11 is 0. The average Bonchev–Trinajstić information content (AvgIpc) is 2.90. The molecule has 1 aromatic carbocycles.